The summed E-state index contributed by atoms with van der Waals surface area (Å²) in [7, 11) is -3.86. The number of carbonyl (C=O) groups is 1. The Balaban J connectivity index is 1.46. The van der Waals surface area contributed by atoms with Crippen LogP contribution in [-0.2, 0) is 21.4 Å². The van der Waals surface area contributed by atoms with Crippen molar-refractivity contribution in [3.8, 4) is 0 Å². The highest BCUT2D eigenvalue weighted by molar-refractivity contribution is 7.89. The van der Waals surface area contributed by atoms with Crippen LogP contribution in [-0.4, -0.2) is 36.9 Å². The summed E-state index contributed by atoms with van der Waals surface area (Å²) in [6, 6.07) is 11.8. The van der Waals surface area contributed by atoms with Gasteiger partial charge in [0, 0.05) is 24.5 Å². The highest BCUT2D eigenvalue weighted by Gasteiger charge is 2.36. The van der Waals surface area contributed by atoms with E-state index < -0.39 is 15.9 Å². The summed E-state index contributed by atoms with van der Waals surface area (Å²) in [4.78, 5) is 13.8. The lowest BCUT2D eigenvalue weighted by atomic mass is 9.98. The molecule has 0 saturated carbocycles. The van der Waals surface area contributed by atoms with Crippen molar-refractivity contribution < 1.29 is 17.7 Å². The Morgan fingerprint density at radius 2 is 2.03 bits per heavy atom. The fraction of sp³-hybridized carbons (Fsp3) is 0.333. The maximum atomic E-state index is 13.5. The molecule has 7 nitrogen and oxygen atoms in total. The van der Waals surface area contributed by atoms with E-state index in [1.54, 1.807) is 30.4 Å². The predicted octanol–water partition coefficient (Wildman–Crippen LogP) is 4.24. The predicted molar refractivity (Wildman–Crippen MR) is 129 cm³/mol. The number of sulfonamides is 1. The molecule has 1 aliphatic rings. The number of hydrogen-bond donors (Lipinski definition) is 1. The molecule has 1 aromatic carbocycles. The summed E-state index contributed by atoms with van der Waals surface area (Å²) in [5.41, 5.74) is 2.48. The van der Waals surface area contributed by atoms with Gasteiger partial charge in [0.15, 0.2) is 10.7 Å². The van der Waals surface area contributed by atoms with Crippen molar-refractivity contribution >= 4 is 39.4 Å². The van der Waals surface area contributed by atoms with Gasteiger partial charge in [-0.25, -0.2) is 8.42 Å². The van der Waals surface area contributed by atoms with Crippen molar-refractivity contribution in [2.24, 2.45) is 5.92 Å². The molecule has 1 unspecified atom stereocenters. The van der Waals surface area contributed by atoms with Crippen LogP contribution < -0.4 is 5.32 Å². The number of piperidine rings is 1. The molecule has 1 saturated heterocycles. The van der Waals surface area contributed by atoms with Gasteiger partial charge in [0.25, 0.3) is 0 Å². The average molecular weight is 486 g/mol. The number of thiophene rings is 1. The van der Waals surface area contributed by atoms with Gasteiger partial charge < -0.3 is 9.84 Å². The monoisotopic (exact) mass is 485 g/mol. The molecule has 33 heavy (non-hydrogen) atoms. The molecule has 0 bridgehead atoms. The van der Waals surface area contributed by atoms with E-state index in [9.17, 15) is 13.2 Å². The lowest BCUT2D eigenvalue weighted by molar-refractivity contribution is -0.126. The van der Waals surface area contributed by atoms with Crippen LogP contribution in [0.25, 0.3) is 12.2 Å². The Morgan fingerprint density at radius 1 is 1.24 bits per heavy atom. The minimum Gasteiger partial charge on any atom is -0.355 e. The van der Waals surface area contributed by atoms with E-state index in [1.165, 1.54) is 4.31 Å². The first-order valence-electron chi connectivity index (χ1n) is 10.9. The van der Waals surface area contributed by atoms with Gasteiger partial charge in [-0.1, -0.05) is 41.1 Å². The molecule has 174 valence electrons. The molecule has 0 aliphatic carbocycles. The lowest BCUT2D eigenvalue weighted by Crippen LogP contribution is -2.45. The van der Waals surface area contributed by atoms with Crippen molar-refractivity contribution in [1.29, 1.82) is 0 Å². The maximum Gasteiger partial charge on any atom is 0.248 e. The van der Waals surface area contributed by atoms with Crippen molar-refractivity contribution in [3.05, 3.63) is 69.2 Å². The molecule has 1 atom stereocenters. The van der Waals surface area contributed by atoms with Gasteiger partial charge in [0.1, 0.15) is 5.69 Å². The van der Waals surface area contributed by atoms with Gasteiger partial charge >= 0.3 is 0 Å². The van der Waals surface area contributed by atoms with E-state index in [0.29, 0.717) is 31.6 Å². The zero-order chi connectivity index (χ0) is 23.4. The molecule has 1 N–H and O–H groups in total. The number of rotatable bonds is 7. The quantitative estimate of drug-likeness (QED) is 0.540. The fourth-order valence-electron chi connectivity index (χ4n) is 3.89. The molecule has 9 heteroatoms. The van der Waals surface area contributed by atoms with E-state index in [2.05, 4.69) is 10.5 Å². The van der Waals surface area contributed by atoms with Crippen LogP contribution in [0.2, 0.25) is 0 Å². The molecular formula is C24H27N3O4S2. The Kier molecular flexibility index (Phi) is 7.11. The SMILES string of the molecule is Cc1ccc(CNC(=O)C2CCCN(S(=O)(=O)c3c(C)noc3/C=C/c3cccs3)C2)cc1. The van der Waals surface area contributed by atoms with E-state index in [0.717, 1.165) is 16.0 Å². The number of amides is 1. The number of aryl methyl sites for hydroxylation is 2. The summed E-state index contributed by atoms with van der Waals surface area (Å²) < 4.78 is 33.7. The van der Waals surface area contributed by atoms with E-state index in [-0.39, 0.29) is 23.1 Å². The molecule has 3 aromatic rings. The summed E-state index contributed by atoms with van der Waals surface area (Å²) >= 11 is 1.54. The molecule has 1 fully saturated rings. The van der Waals surface area contributed by atoms with Gasteiger partial charge in [-0.2, -0.15) is 4.31 Å². The van der Waals surface area contributed by atoms with E-state index in [1.807, 2.05) is 48.7 Å². The lowest BCUT2D eigenvalue weighted by Gasteiger charge is -2.31. The first kappa shape index (κ1) is 23.4. The Bertz CT molecular complexity index is 1230. The molecule has 3 heterocycles. The fourth-order valence-corrected chi connectivity index (χ4v) is 6.28. The van der Waals surface area contributed by atoms with Crippen LogP contribution in [0.1, 0.15) is 40.3 Å². The van der Waals surface area contributed by atoms with Gasteiger partial charge in [0.2, 0.25) is 15.9 Å². The van der Waals surface area contributed by atoms with E-state index >= 15 is 0 Å². The molecule has 2 aromatic heterocycles. The van der Waals surface area contributed by atoms with Crippen LogP contribution >= 0.6 is 11.3 Å². The normalized spacial score (nSPS) is 17.5. The molecule has 1 amide bonds. The number of hydrogen-bond acceptors (Lipinski definition) is 6. The summed E-state index contributed by atoms with van der Waals surface area (Å²) in [5, 5.41) is 8.79. The van der Waals surface area contributed by atoms with Crippen molar-refractivity contribution in [2.45, 2.75) is 38.1 Å². The minimum atomic E-state index is -3.86. The molecule has 0 radical (unpaired) electrons. The smallest absolute Gasteiger partial charge is 0.248 e. The van der Waals surface area contributed by atoms with Gasteiger partial charge in [0.05, 0.1) is 5.92 Å². The molecule has 4 rings (SSSR count). The number of nitrogens with zero attached hydrogens (tertiary/aromatic N) is 2. The first-order chi connectivity index (χ1) is 15.8. The van der Waals surface area contributed by atoms with Crippen molar-refractivity contribution in [3.63, 3.8) is 0 Å². The largest absolute Gasteiger partial charge is 0.355 e. The topological polar surface area (TPSA) is 92.5 Å². The van der Waals surface area contributed by atoms with Crippen LogP contribution in [0.3, 0.4) is 0 Å². The Morgan fingerprint density at radius 3 is 2.76 bits per heavy atom. The zero-order valence-corrected chi connectivity index (χ0v) is 20.3. The van der Waals surface area contributed by atoms with Gasteiger partial charge in [-0.15, -0.1) is 11.3 Å². The summed E-state index contributed by atoms with van der Waals surface area (Å²) in [5.74, 6) is -0.327. The highest BCUT2D eigenvalue weighted by atomic mass is 32.2. The number of benzene rings is 1. The van der Waals surface area contributed by atoms with Crippen LogP contribution in [0, 0.1) is 19.8 Å². The van der Waals surface area contributed by atoms with Crippen molar-refractivity contribution in [2.75, 3.05) is 13.1 Å². The van der Waals surface area contributed by atoms with E-state index in [4.69, 9.17) is 4.52 Å². The number of carbonyl (C=O) groups excluding carboxylic acids is 1. The van der Waals surface area contributed by atoms with Crippen LogP contribution in [0.5, 0.6) is 0 Å². The third kappa shape index (κ3) is 5.43. The second kappa shape index (κ2) is 10.0. The van der Waals surface area contributed by atoms with Crippen molar-refractivity contribution in [1.82, 2.24) is 14.8 Å². The number of aromatic nitrogens is 1. The molecular weight excluding hydrogens is 458 g/mol. The van der Waals surface area contributed by atoms with Crippen LogP contribution in [0.4, 0.5) is 0 Å². The summed E-state index contributed by atoms with van der Waals surface area (Å²) in [6.07, 6.45) is 4.71. The number of nitrogens with one attached hydrogen (secondary N) is 1. The highest BCUT2D eigenvalue weighted by Crippen LogP contribution is 2.29. The third-order valence-corrected chi connectivity index (χ3v) is 8.58. The molecule has 0 spiro atoms. The third-order valence-electron chi connectivity index (χ3n) is 5.72. The van der Waals surface area contributed by atoms with Gasteiger partial charge in [-0.3, -0.25) is 4.79 Å². The first-order valence-corrected chi connectivity index (χ1v) is 13.2. The second-order valence-corrected chi connectivity index (χ2v) is 11.1. The standard InChI is InChI=1S/C24H27N3O4S2/c1-17-7-9-19(10-8-17)15-25-24(28)20-5-3-13-27(16-20)33(29,30)23-18(2)26-31-22(23)12-11-21-6-4-14-32-21/h4,6-12,14,20H,3,5,13,15-16H2,1-2H3,(H,25,28)/b12-11+. The zero-order valence-electron chi connectivity index (χ0n) is 18.7. The maximum absolute atomic E-state index is 13.5. The Hall–Kier alpha value is -2.75. The minimum absolute atomic E-state index is 0.0658. The van der Waals surface area contributed by atoms with Gasteiger partial charge in [-0.05, 0) is 55.9 Å². The Labute approximate surface area is 198 Å². The average Bonchev–Trinajstić information content (AvgIpc) is 3.47. The summed E-state index contributed by atoms with van der Waals surface area (Å²) in [6.45, 7) is 4.56. The second-order valence-electron chi connectivity index (χ2n) is 8.22. The van der Waals surface area contributed by atoms with Crippen LogP contribution in [0.15, 0.2) is 51.2 Å². The molecule has 1 aliphatic heterocycles.